The van der Waals surface area contributed by atoms with Crippen LogP contribution in [0, 0.1) is 10.1 Å². The van der Waals surface area contributed by atoms with Gasteiger partial charge in [0.15, 0.2) is 5.82 Å². The van der Waals surface area contributed by atoms with E-state index in [1.54, 1.807) is 16.5 Å². The summed E-state index contributed by atoms with van der Waals surface area (Å²) < 4.78 is 1.79. The fourth-order valence-corrected chi connectivity index (χ4v) is 3.92. The second-order valence-electron chi connectivity index (χ2n) is 7.44. The number of nitro groups is 1. The van der Waals surface area contributed by atoms with Crippen LogP contribution in [0.2, 0.25) is 0 Å². The Kier molecular flexibility index (Phi) is 4.68. The van der Waals surface area contributed by atoms with Crippen LogP contribution in [0.3, 0.4) is 0 Å². The molecule has 0 unspecified atom stereocenters. The van der Waals surface area contributed by atoms with Gasteiger partial charge in [-0.2, -0.15) is 0 Å². The zero-order valence-corrected chi connectivity index (χ0v) is 16.4. The number of ketones is 1. The van der Waals surface area contributed by atoms with Crippen molar-refractivity contribution in [2.45, 2.75) is 18.6 Å². The molecule has 2 aromatic carbocycles. The van der Waals surface area contributed by atoms with E-state index in [0.717, 1.165) is 11.1 Å². The van der Waals surface area contributed by atoms with Gasteiger partial charge in [0.2, 0.25) is 5.78 Å². The number of nitro benzene ring substituents is 1. The van der Waals surface area contributed by atoms with Gasteiger partial charge in [0, 0.05) is 18.3 Å². The predicted octanol–water partition coefficient (Wildman–Crippen LogP) is 3.75. The Labute approximate surface area is 177 Å². The van der Waals surface area contributed by atoms with E-state index in [1.165, 1.54) is 12.1 Å². The number of non-ortho nitro benzene ring substituents is 1. The van der Waals surface area contributed by atoms with E-state index in [2.05, 4.69) is 15.6 Å². The van der Waals surface area contributed by atoms with Crippen LogP contribution in [-0.2, 0) is 6.42 Å². The quantitative estimate of drug-likeness (QED) is 0.390. The Morgan fingerprint density at radius 3 is 2.48 bits per heavy atom. The zero-order valence-electron chi connectivity index (χ0n) is 16.4. The summed E-state index contributed by atoms with van der Waals surface area (Å²) >= 11 is 0. The SMILES string of the molecule is O=C1c2c(nc3ccccn23)N[C@@H](c2ccc([N+](=O)[O-])cc2)N[C@H]1Cc1ccccc1. The summed E-state index contributed by atoms with van der Waals surface area (Å²) in [6.07, 6.45) is 1.89. The third-order valence-electron chi connectivity index (χ3n) is 5.45. The van der Waals surface area contributed by atoms with Crippen LogP contribution < -0.4 is 10.6 Å². The number of nitrogens with one attached hydrogen (secondary N) is 2. The lowest BCUT2D eigenvalue weighted by Gasteiger charge is -2.23. The Morgan fingerprint density at radius 2 is 1.74 bits per heavy atom. The maximum Gasteiger partial charge on any atom is 0.269 e. The maximum absolute atomic E-state index is 13.6. The van der Waals surface area contributed by atoms with Crippen molar-refractivity contribution in [3.8, 4) is 0 Å². The molecule has 4 aromatic rings. The molecule has 0 saturated carbocycles. The molecule has 31 heavy (non-hydrogen) atoms. The first kappa shape index (κ1) is 19.0. The summed E-state index contributed by atoms with van der Waals surface area (Å²) in [6.45, 7) is 0. The van der Waals surface area contributed by atoms with E-state index in [0.29, 0.717) is 23.6 Å². The lowest BCUT2D eigenvalue weighted by molar-refractivity contribution is -0.384. The lowest BCUT2D eigenvalue weighted by Crippen LogP contribution is -2.41. The van der Waals surface area contributed by atoms with Crippen LogP contribution >= 0.6 is 0 Å². The van der Waals surface area contributed by atoms with Gasteiger partial charge in [0.1, 0.15) is 17.5 Å². The van der Waals surface area contributed by atoms with Gasteiger partial charge in [-0.1, -0.05) is 36.4 Å². The number of pyridine rings is 1. The molecule has 0 aliphatic carbocycles. The number of hydrogen-bond acceptors (Lipinski definition) is 6. The molecule has 1 aliphatic rings. The summed E-state index contributed by atoms with van der Waals surface area (Å²) in [5.41, 5.74) is 3.00. The van der Waals surface area contributed by atoms with Gasteiger partial charge in [-0.3, -0.25) is 24.6 Å². The van der Waals surface area contributed by atoms with Crippen molar-refractivity contribution < 1.29 is 9.72 Å². The zero-order chi connectivity index (χ0) is 21.4. The van der Waals surface area contributed by atoms with Crippen molar-refractivity contribution in [3.63, 3.8) is 0 Å². The monoisotopic (exact) mass is 413 g/mol. The number of carbonyl (C=O) groups excluding carboxylic acids is 1. The van der Waals surface area contributed by atoms with Gasteiger partial charge in [-0.25, -0.2) is 4.98 Å². The molecule has 3 heterocycles. The molecule has 0 fully saturated rings. The number of aromatic nitrogens is 2. The number of imidazole rings is 1. The van der Waals surface area contributed by atoms with Crippen molar-refractivity contribution in [2.75, 3.05) is 5.32 Å². The number of Topliss-reactive ketones (excluding diaryl/α,β-unsaturated/α-hetero) is 1. The van der Waals surface area contributed by atoms with Gasteiger partial charge in [0.25, 0.3) is 5.69 Å². The largest absolute Gasteiger partial charge is 0.349 e. The van der Waals surface area contributed by atoms with Crippen molar-refractivity contribution >= 4 is 22.9 Å². The minimum absolute atomic E-state index is 0.0164. The van der Waals surface area contributed by atoms with Crippen LogP contribution in [0.25, 0.3) is 5.65 Å². The molecule has 2 N–H and O–H groups in total. The average Bonchev–Trinajstić information content (AvgIpc) is 3.10. The van der Waals surface area contributed by atoms with E-state index in [9.17, 15) is 14.9 Å². The summed E-state index contributed by atoms with van der Waals surface area (Å²) in [5, 5.41) is 17.7. The number of rotatable bonds is 4. The first-order chi connectivity index (χ1) is 15.1. The van der Waals surface area contributed by atoms with E-state index in [-0.39, 0.29) is 11.5 Å². The molecule has 0 spiro atoms. The Morgan fingerprint density at radius 1 is 1.00 bits per heavy atom. The Hall–Kier alpha value is -4.04. The minimum atomic E-state index is -0.503. The maximum atomic E-state index is 13.6. The van der Waals surface area contributed by atoms with Gasteiger partial charge in [0.05, 0.1) is 11.0 Å². The van der Waals surface area contributed by atoms with Gasteiger partial charge in [-0.15, -0.1) is 0 Å². The first-order valence-electron chi connectivity index (χ1n) is 9.92. The average molecular weight is 413 g/mol. The van der Waals surface area contributed by atoms with E-state index in [1.807, 2.05) is 54.7 Å². The number of hydrogen-bond donors (Lipinski definition) is 2. The van der Waals surface area contributed by atoms with Crippen molar-refractivity contribution in [1.82, 2.24) is 14.7 Å². The van der Waals surface area contributed by atoms with Crippen molar-refractivity contribution in [1.29, 1.82) is 0 Å². The molecule has 1 aliphatic heterocycles. The summed E-state index contributed by atoms with van der Waals surface area (Å²) in [4.78, 5) is 28.8. The molecule has 0 radical (unpaired) electrons. The highest BCUT2D eigenvalue weighted by atomic mass is 16.6. The number of nitrogens with zero attached hydrogens (tertiary/aromatic N) is 3. The Balaban J connectivity index is 1.58. The van der Waals surface area contributed by atoms with E-state index >= 15 is 0 Å². The number of carbonyl (C=O) groups is 1. The van der Waals surface area contributed by atoms with Gasteiger partial charge in [-0.05, 0) is 41.8 Å². The lowest BCUT2D eigenvalue weighted by atomic mass is 10.00. The normalized spacial score (nSPS) is 18.3. The summed E-state index contributed by atoms with van der Waals surface area (Å²) in [6, 6.07) is 21.2. The fourth-order valence-electron chi connectivity index (χ4n) is 3.92. The molecule has 2 atom stereocenters. The third-order valence-corrected chi connectivity index (χ3v) is 5.45. The third kappa shape index (κ3) is 3.53. The highest BCUT2D eigenvalue weighted by Crippen LogP contribution is 2.29. The molecule has 0 saturated heterocycles. The molecule has 154 valence electrons. The predicted molar refractivity (Wildman–Crippen MR) is 116 cm³/mol. The summed E-state index contributed by atoms with van der Waals surface area (Å²) in [5.74, 6) is 0.428. The minimum Gasteiger partial charge on any atom is -0.349 e. The molecule has 0 bridgehead atoms. The Bertz CT molecular complexity index is 1270. The van der Waals surface area contributed by atoms with Crippen LogP contribution in [0.1, 0.15) is 27.8 Å². The van der Waals surface area contributed by atoms with Gasteiger partial charge >= 0.3 is 0 Å². The number of fused-ring (bicyclic) bond motifs is 3. The van der Waals surface area contributed by atoms with Crippen LogP contribution in [0.15, 0.2) is 79.0 Å². The summed E-state index contributed by atoms with van der Waals surface area (Å²) in [7, 11) is 0. The standard InChI is InChI=1S/C23H19N5O3/c29-21-18(14-15-6-2-1-3-7-15)24-22(16-9-11-17(12-10-16)28(30)31)26-23-20(21)27-13-5-4-8-19(27)25-23/h1-13,18,22,24,26H,14H2/t18-,22-/m0/s1. The fraction of sp³-hybridized carbons (Fsp3) is 0.130. The molecule has 8 heteroatoms. The molecular formula is C23H19N5O3. The van der Waals surface area contributed by atoms with Crippen molar-refractivity contribution in [3.05, 3.63) is 106 Å². The number of benzene rings is 2. The topological polar surface area (TPSA) is 102 Å². The highest BCUT2D eigenvalue weighted by molar-refractivity contribution is 6.04. The molecule has 5 rings (SSSR count). The first-order valence-corrected chi connectivity index (χ1v) is 9.92. The smallest absolute Gasteiger partial charge is 0.269 e. The van der Waals surface area contributed by atoms with Crippen LogP contribution in [0.4, 0.5) is 11.5 Å². The van der Waals surface area contributed by atoms with E-state index in [4.69, 9.17) is 0 Å². The highest BCUT2D eigenvalue weighted by Gasteiger charge is 2.33. The molecular weight excluding hydrogens is 394 g/mol. The van der Waals surface area contributed by atoms with Crippen LogP contribution in [-0.4, -0.2) is 26.1 Å². The molecule has 2 aromatic heterocycles. The molecule has 0 amide bonds. The second kappa shape index (κ2) is 7.66. The number of anilines is 1. The van der Waals surface area contributed by atoms with Crippen LogP contribution in [0.5, 0.6) is 0 Å². The second-order valence-corrected chi connectivity index (χ2v) is 7.44. The van der Waals surface area contributed by atoms with Crippen molar-refractivity contribution in [2.24, 2.45) is 0 Å². The van der Waals surface area contributed by atoms with E-state index < -0.39 is 17.1 Å². The van der Waals surface area contributed by atoms with Gasteiger partial charge < -0.3 is 5.32 Å². The molecule has 8 nitrogen and oxygen atoms in total.